The van der Waals surface area contributed by atoms with E-state index in [1.807, 2.05) is 6.92 Å². The number of rotatable bonds is 16. The van der Waals surface area contributed by atoms with Gasteiger partial charge in [0.15, 0.2) is 0 Å². The smallest absolute Gasteiger partial charge is 0.302 e. The molecule has 148 valence electrons. The molecular weight excluding hydrogens is 316 g/mol. The minimum Gasteiger partial charge on any atom is -0.463 e. The van der Waals surface area contributed by atoms with Crippen molar-refractivity contribution in [3.05, 3.63) is 0 Å². The van der Waals surface area contributed by atoms with Crippen LogP contribution in [0.25, 0.3) is 0 Å². The lowest BCUT2D eigenvalue weighted by Crippen LogP contribution is -2.16. The highest BCUT2D eigenvalue weighted by molar-refractivity contribution is 5.66. The van der Waals surface area contributed by atoms with E-state index in [0.29, 0.717) is 0 Å². The van der Waals surface area contributed by atoms with Crippen molar-refractivity contribution >= 4 is 11.9 Å². The Hall–Kier alpha value is -1.06. The summed E-state index contributed by atoms with van der Waals surface area (Å²) in [5.41, 5.74) is 0. The highest BCUT2D eigenvalue weighted by Crippen LogP contribution is 2.16. The molecule has 4 heteroatoms. The lowest BCUT2D eigenvalue weighted by molar-refractivity contribution is -0.147. The number of hydrogen-bond acceptors (Lipinski definition) is 4. The van der Waals surface area contributed by atoms with E-state index in [4.69, 9.17) is 9.47 Å². The summed E-state index contributed by atoms with van der Waals surface area (Å²) in [4.78, 5) is 22.0. The number of carbonyl (C=O) groups excluding carboxylic acids is 2. The molecule has 2 unspecified atom stereocenters. The van der Waals surface area contributed by atoms with Gasteiger partial charge >= 0.3 is 11.9 Å². The molecule has 0 saturated heterocycles. The summed E-state index contributed by atoms with van der Waals surface area (Å²) in [6.45, 7) is 7.13. The second-order valence-electron chi connectivity index (χ2n) is 7.20. The van der Waals surface area contributed by atoms with Crippen LogP contribution in [-0.2, 0) is 19.1 Å². The number of carbonyl (C=O) groups is 2. The van der Waals surface area contributed by atoms with E-state index in [9.17, 15) is 9.59 Å². The van der Waals surface area contributed by atoms with Crippen LogP contribution in [0.3, 0.4) is 0 Å². The zero-order chi connectivity index (χ0) is 18.9. The molecule has 0 bridgehead atoms. The Bertz CT molecular complexity index is 341. The van der Waals surface area contributed by atoms with E-state index >= 15 is 0 Å². The Morgan fingerprint density at radius 2 is 1.12 bits per heavy atom. The van der Waals surface area contributed by atoms with E-state index in [0.717, 1.165) is 38.5 Å². The van der Waals surface area contributed by atoms with Crippen LogP contribution < -0.4 is 0 Å². The molecular formula is C21H40O4. The zero-order valence-electron chi connectivity index (χ0n) is 17.0. The van der Waals surface area contributed by atoms with Crippen molar-refractivity contribution in [3.63, 3.8) is 0 Å². The summed E-state index contributed by atoms with van der Waals surface area (Å²) in [5, 5.41) is 0. The number of unbranched alkanes of at least 4 members (excludes halogenated alkanes) is 8. The normalized spacial score (nSPS) is 13.3. The maximum Gasteiger partial charge on any atom is 0.302 e. The molecule has 4 nitrogen and oxygen atoms in total. The van der Waals surface area contributed by atoms with E-state index in [-0.39, 0.29) is 24.1 Å². The Morgan fingerprint density at radius 3 is 1.60 bits per heavy atom. The summed E-state index contributed by atoms with van der Waals surface area (Å²) in [5.74, 6) is -0.335. The van der Waals surface area contributed by atoms with Gasteiger partial charge in [-0.3, -0.25) is 9.59 Å². The molecule has 0 fully saturated rings. The summed E-state index contributed by atoms with van der Waals surface area (Å²) in [7, 11) is 0. The molecule has 0 aromatic rings. The fourth-order valence-corrected chi connectivity index (χ4v) is 3.15. The van der Waals surface area contributed by atoms with Gasteiger partial charge in [0, 0.05) is 13.8 Å². The first-order chi connectivity index (χ1) is 12.0. The summed E-state index contributed by atoms with van der Waals surface area (Å²) in [6.07, 6.45) is 15.2. The van der Waals surface area contributed by atoms with Gasteiger partial charge in [0.05, 0.1) is 6.10 Å². The van der Waals surface area contributed by atoms with Crippen LogP contribution in [0.5, 0.6) is 0 Å². The van der Waals surface area contributed by atoms with Crippen LogP contribution in [0.15, 0.2) is 0 Å². The first kappa shape index (κ1) is 23.9. The highest BCUT2D eigenvalue weighted by atomic mass is 16.5. The largest absolute Gasteiger partial charge is 0.463 e. The monoisotopic (exact) mass is 356 g/mol. The maximum absolute atomic E-state index is 11.2. The Morgan fingerprint density at radius 1 is 0.680 bits per heavy atom. The fraction of sp³-hybridized carbons (Fsp3) is 0.905. The topological polar surface area (TPSA) is 52.6 Å². The second kappa shape index (κ2) is 16.4. The SMILES string of the molecule is CCCCCC(CCCCCCCCCC(C)OC(C)=O)OC(C)=O. The third kappa shape index (κ3) is 17.6. The number of hydrogen-bond donors (Lipinski definition) is 0. The van der Waals surface area contributed by atoms with Crippen molar-refractivity contribution in [2.75, 3.05) is 0 Å². The van der Waals surface area contributed by atoms with Crippen LogP contribution in [-0.4, -0.2) is 24.1 Å². The Kier molecular flexibility index (Phi) is 15.7. The van der Waals surface area contributed by atoms with Crippen molar-refractivity contribution in [1.82, 2.24) is 0 Å². The highest BCUT2D eigenvalue weighted by Gasteiger charge is 2.11. The maximum atomic E-state index is 11.2. The van der Waals surface area contributed by atoms with E-state index in [1.165, 1.54) is 58.8 Å². The van der Waals surface area contributed by atoms with Crippen LogP contribution in [0, 0.1) is 0 Å². The van der Waals surface area contributed by atoms with Gasteiger partial charge in [-0.2, -0.15) is 0 Å². The van der Waals surface area contributed by atoms with Crippen LogP contribution in [0.2, 0.25) is 0 Å². The van der Waals surface area contributed by atoms with E-state index in [2.05, 4.69) is 6.92 Å². The summed E-state index contributed by atoms with van der Waals surface area (Å²) >= 11 is 0. The minimum atomic E-state index is -0.186. The molecule has 0 spiro atoms. The Labute approximate surface area is 155 Å². The molecule has 0 aliphatic rings. The molecule has 0 rings (SSSR count). The molecule has 0 radical (unpaired) electrons. The lowest BCUT2D eigenvalue weighted by atomic mass is 10.0. The van der Waals surface area contributed by atoms with Crippen molar-refractivity contribution in [2.24, 2.45) is 0 Å². The van der Waals surface area contributed by atoms with Crippen LogP contribution in [0.1, 0.15) is 111 Å². The van der Waals surface area contributed by atoms with Crippen molar-refractivity contribution < 1.29 is 19.1 Å². The quantitative estimate of drug-likeness (QED) is 0.253. The molecule has 0 aromatic carbocycles. The van der Waals surface area contributed by atoms with Crippen LogP contribution >= 0.6 is 0 Å². The molecule has 0 heterocycles. The zero-order valence-corrected chi connectivity index (χ0v) is 17.0. The molecule has 25 heavy (non-hydrogen) atoms. The predicted molar refractivity (Wildman–Crippen MR) is 102 cm³/mol. The minimum absolute atomic E-state index is 0.0448. The van der Waals surface area contributed by atoms with Crippen molar-refractivity contribution in [2.45, 2.75) is 123 Å². The third-order valence-electron chi connectivity index (χ3n) is 4.47. The average Bonchev–Trinajstić information content (AvgIpc) is 2.52. The van der Waals surface area contributed by atoms with Gasteiger partial charge in [0.2, 0.25) is 0 Å². The fourth-order valence-electron chi connectivity index (χ4n) is 3.15. The molecule has 0 amide bonds. The molecule has 0 aromatic heterocycles. The van der Waals surface area contributed by atoms with Gasteiger partial charge in [0.1, 0.15) is 6.10 Å². The lowest BCUT2D eigenvalue weighted by Gasteiger charge is -2.16. The molecule has 0 N–H and O–H groups in total. The first-order valence-electron chi connectivity index (χ1n) is 10.3. The average molecular weight is 357 g/mol. The molecule has 2 atom stereocenters. The molecule has 0 aliphatic heterocycles. The second-order valence-corrected chi connectivity index (χ2v) is 7.20. The third-order valence-corrected chi connectivity index (χ3v) is 4.47. The van der Waals surface area contributed by atoms with E-state index < -0.39 is 0 Å². The predicted octanol–water partition coefficient (Wildman–Crippen LogP) is 5.96. The van der Waals surface area contributed by atoms with E-state index in [1.54, 1.807) is 0 Å². The van der Waals surface area contributed by atoms with Gasteiger partial charge in [0.25, 0.3) is 0 Å². The van der Waals surface area contributed by atoms with Gasteiger partial charge in [-0.15, -0.1) is 0 Å². The number of ether oxygens (including phenoxy) is 2. The summed E-state index contributed by atoms with van der Waals surface area (Å²) < 4.78 is 10.6. The van der Waals surface area contributed by atoms with Crippen molar-refractivity contribution in [3.8, 4) is 0 Å². The van der Waals surface area contributed by atoms with Crippen molar-refractivity contribution in [1.29, 1.82) is 0 Å². The number of esters is 2. The van der Waals surface area contributed by atoms with Crippen LogP contribution in [0.4, 0.5) is 0 Å². The summed E-state index contributed by atoms with van der Waals surface area (Å²) in [6, 6.07) is 0. The Balaban J connectivity index is 3.55. The first-order valence-corrected chi connectivity index (χ1v) is 10.3. The van der Waals surface area contributed by atoms with Gasteiger partial charge in [-0.25, -0.2) is 0 Å². The van der Waals surface area contributed by atoms with Gasteiger partial charge in [-0.1, -0.05) is 51.9 Å². The molecule has 0 saturated carbocycles. The van der Waals surface area contributed by atoms with Gasteiger partial charge < -0.3 is 9.47 Å². The van der Waals surface area contributed by atoms with Gasteiger partial charge in [-0.05, 0) is 45.4 Å². The molecule has 0 aliphatic carbocycles. The standard InChI is InChI=1S/C21H40O4/c1-5-6-12-16-21(25-20(4)23)17-14-11-9-7-8-10-13-15-18(2)24-19(3)22/h18,21H,5-17H2,1-4H3.